The average molecular weight is 487 g/mol. The largest absolute Gasteiger partial charge is 0.505 e. The lowest BCUT2D eigenvalue weighted by Crippen LogP contribution is -2.31. The molecule has 2 heterocycles. The predicted molar refractivity (Wildman–Crippen MR) is 135 cm³/mol. The number of benzene rings is 2. The van der Waals surface area contributed by atoms with Crippen LogP contribution in [-0.2, 0) is 0 Å². The molecule has 2 aromatic heterocycles. The van der Waals surface area contributed by atoms with Gasteiger partial charge in [0.1, 0.15) is 11.4 Å². The summed E-state index contributed by atoms with van der Waals surface area (Å²) in [4.78, 5) is 40.6. The minimum Gasteiger partial charge on any atom is -0.505 e. The van der Waals surface area contributed by atoms with Crippen LogP contribution in [0, 0.1) is 6.92 Å². The first-order chi connectivity index (χ1) is 17.3. The van der Waals surface area contributed by atoms with Gasteiger partial charge in [0.05, 0.1) is 17.6 Å². The fourth-order valence-corrected chi connectivity index (χ4v) is 3.79. The maximum Gasteiger partial charge on any atom is 0.281 e. The summed E-state index contributed by atoms with van der Waals surface area (Å²) in [6, 6.07) is 17.0. The molecule has 0 aliphatic heterocycles. The molecule has 0 aliphatic carbocycles. The Morgan fingerprint density at radius 2 is 1.67 bits per heavy atom. The van der Waals surface area contributed by atoms with Crippen molar-refractivity contribution in [3.8, 4) is 17.1 Å². The molecule has 4 rings (SSSR count). The lowest BCUT2D eigenvalue weighted by molar-refractivity contribution is 0.0774. The summed E-state index contributed by atoms with van der Waals surface area (Å²) in [7, 11) is 0. The van der Waals surface area contributed by atoms with Gasteiger partial charge in [-0.1, -0.05) is 30.3 Å². The summed E-state index contributed by atoms with van der Waals surface area (Å²) >= 11 is 0. The number of hydrogen-bond acceptors (Lipinski definition) is 6. The second-order valence-electron chi connectivity index (χ2n) is 8.05. The Morgan fingerprint density at radius 1 is 0.972 bits per heavy atom. The van der Waals surface area contributed by atoms with Gasteiger partial charge in [0.25, 0.3) is 17.4 Å². The van der Waals surface area contributed by atoms with Gasteiger partial charge in [0.15, 0.2) is 11.4 Å². The smallest absolute Gasteiger partial charge is 0.281 e. The van der Waals surface area contributed by atoms with E-state index in [1.807, 2.05) is 32.9 Å². The molecule has 0 atom stereocenters. The number of anilines is 1. The summed E-state index contributed by atoms with van der Waals surface area (Å²) in [5, 5.41) is 21.6. The Bertz CT molecular complexity index is 1470. The first-order valence-electron chi connectivity index (χ1n) is 11.5. The molecule has 10 nitrogen and oxygen atoms in total. The van der Waals surface area contributed by atoms with Crippen LogP contribution in [0.15, 0.2) is 71.7 Å². The number of carbonyl (C=O) groups excluding carboxylic acids is 2. The predicted octanol–water partition coefficient (Wildman–Crippen LogP) is 3.17. The van der Waals surface area contributed by atoms with E-state index < -0.39 is 17.2 Å². The first kappa shape index (κ1) is 24.4. The summed E-state index contributed by atoms with van der Waals surface area (Å²) in [5.41, 5.74) is 1.17. The minimum atomic E-state index is -0.805. The monoisotopic (exact) mass is 486 g/mol. The SMILES string of the molecule is CCN(CC)C(=O)c1cnn(-c2ccccc2)c1NC(=O)c1nn(-c2cccc(C)c2)c(=O)cc1O. The van der Waals surface area contributed by atoms with Gasteiger partial charge >= 0.3 is 0 Å². The van der Waals surface area contributed by atoms with E-state index in [4.69, 9.17) is 0 Å². The average Bonchev–Trinajstić information content (AvgIpc) is 3.28. The fraction of sp³-hybridized carbons (Fsp3) is 0.192. The highest BCUT2D eigenvalue weighted by Crippen LogP contribution is 2.24. The number of aromatic nitrogens is 4. The van der Waals surface area contributed by atoms with Crippen molar-refractivity contribution in [2.75, 3.05) is 18.4 Å². The van der Waals surface area contributed by atoms with Crippen molar-refractivity contribution in [3.63, 3.8) is 0 Å². The number of nitrogens with zero attached hydrogens (tertiary/aromatic N) is 5. The van der Waals surface area contributed by atoms with Crippen LogP contribution in [0.4, 0.5) is 5.82 Å². The number of rotatable bonds is 7. The zero-order chi connectivity index (χ0) is 25.8. The normalized spacial score (nSPS) is 10.8. The van der Waals surface area contributed by atoms with Gasteiger partial charge in [-0.05, 0) is 50.6 Å². The van der Waals surface area contributed by atoms with Crippen LogP contribution < -0.4 is 10.9 Å². The quantitative estimate of drug-likeness (QED) is 0.414. The van der Waals surface area contributed by atoms with Crippen LogP contribution >= 0.6 is 0 Å². The number of aromatic hydroxyl groups is 1. The van der Waals surface area contributed by atoms with Gasteiger partial charge in [-0.15, -0.1) is 0 Å². The van der Waals surface area contributed by atoms with Crippen LogP contribution in [0.1, 0.15) is 40.3 Å². The second-order valence-corrected chi connectivity index (χ2v) is 8.05. The molecule has 0 fully saturated rings. The Balaban J connectivity index is 1.79. The zero-order valence-corrected chi connectivity index (χ0v) is 20.2. The number of para-hydroxylation sites is 1. The van der Waals surface area contributed by atoms with Crippen molar-refractivity contribution in [1.29, 1.82) is 0 Å². The van der Waals surface area contributed by atoms with Crippen LogP contribution in [0.3, 0.4) is 0 Å². The highest BCUT2D eigenvalue weighted by Gasteiger charge is 2.26. The van der Waals surface area contributed by atoms with Crippen LogP contribution in [0.25, 0.3) is 11.4 Å². The standard InChI is InChI=1S/C26H26N6O4/c1-4-30(5-2)26(36)20-16-27-32(18-11-7-6-8-12-18)24(20)28-25(35)23-21(33)15-22(34)31(29-23)19-13-9-10-17(3)14-19/h6-16,33H,4-5H2,1-3H3,(H,28,35). The van der Waals surface area contributed by atoms with Gasteiger partial charge in [-0.3, -0.25) is 14.4 Å². The van der Waals surface area contributed by atoms with Crippen molar-refractivity contribution in [1.82, 2.24) is 24.5 Å². The third-order valence-electron chi connectivity index (χ3n) is 5.66. The van der Waals surface area contributed by atoms with E-state index in [1.165, 1.54) is 10.9 Å². The molecule has 0 saturated carbocycles. The molecule has 0 radical (unpaired) electrons. The molecule has 0 unspecified atom stereocenters. The van der Waals surface area contributed by atoms with Crippen LogP contribution in [0.5, 0.6) is 5.75 Å². The third-order valence-corrected chi connectivity index (χ3v) is 5.66. The molecule has 2 aromatic carbocycles. The second kappa shape index (κ2) is 10.3. The third kappa shape index (κ3) is 4.74. The van der Waals surface area contributed by atoms with Gasteiger partial charge in [0.2, 0.25) is 0 Å². The topological polar surface area (TPSA) is 122 Å². The molecule has 0 bridgehead atoms. The number of carbonyl (C=O) groups is 2. The Hall–Kier alpha value is -4.73. The van der Waals surface area contributed by atoms with E-state index in [9.17, 15) is 19.5 Å². The summed E-state index contributed by atoms with van der Waals surface area (Å²) < 4.78 is 2.47. The van der Waals surface area contributed by atoms with Gasteiger partial charge < -0.3 is 15.3 Å². The van der Waals surface area contributed by atoms with E-state index in [2.05, 4.69) is 15.5 Å². The molecular formula is C26H26N6O4. The minimum absolute atomic E-state index is 0.123. The van der Waals surface area contributed by atoms with E-state index in [0.29, 0.717) is 24.5 Å². The lowest BCUT2D eigenvalue weighted by Gasteiger charge is -2.19. The first-order valence-corrected chi connectivity index (χ1v) is 11.5. The number of nitrogens with one attached hydrogen (secondary N) is 1. The molecule has 2 amide bonds. The molecule has 0 spiro atoms. The van der Waals surface area contributed by atoms with Gasteiger partial charge in [-0.2, -0.15) is 14.9 Å². The summed E-state index contributed by atoms with van der Waals surface area (Å²) in [6.07, 6.45) is 1.39. The molecule has 184 valence electrons. The molecule has 2 N–H and O–H groups in total. The van der Waals surface area contributed by atoms with Gasteiger partial charge in [-0.25, -0.2) is 4.68 Å². The van der Waals surface area contributed by atoms with Gasteiger partial charge in [0, 0.05) is 19.2 Å². The van der Waals surface area contributed by atoms with E-state index >= 15 is 0 Å². The number of hydrogen-bond donors (Lipinski definition) is 2. The van der Waals surface area contributed by atoms with E-state index in [0.717, 1.165) is 16.3 Å². The Morgan fingerprint density at radius 3 is 2.33 bits per heavy atom. The molecule has 36 heavy (non-hydrogen) atoms. The van der Waals surface area contributed by atoms with Crippen molar-refractivity contribution < 1.29 is 14.7 Å². The summed E-state index contributed by atoms with van der Waals surface area (Å²) in [5.74, 6) is -1.57. The lowest BCUT2D eigenvalue weighted by atomic mass is 10.2. The van der Waals surface area contributed by atoms with Crippen molar-refractivity contribution >= 4 is 17.6 Å². The molecule has 4 aromatic rings. The van der Waals surface area contributed by atoms with E-state index in [-0.39, 0.29) is 23.0 Å². The number of amides is 2. The van der Waals surface area contributed by atoms with Crippen LogP contribution in [0.2, 0.25) is 0 Å². The highest BCUT2D eigenvalue weighted by molar-refractivity contribution is 6.08. The highest BCUT2D eigenvalue weighted by atomic mass is 16.3. The van der Waals surface area contributed by atoms with Crippen molar-refractivity contribution in [3.05, 3.63) is 94.0 Å². The van der Waals surface area contributed by atoms with Crippen molar-refractivity contribution in [2.24, 2.45) is 0 Å². The number of aryl methyl sites for hydroxylation is 1. The van der Waals surface area contributed by atoms with Crippen LogP contribution in [-0.4, -0.2) is 54.5 Å². The molecule has 0 aliphatic rings. The summed E-state index contributed by atoms with van der Waals surface area (Å²) in [6.45, 7) is 6.53. The Labute approximate surface area is 207 Å². The Kier molecular flexibility index (Phi) is 6.95. The maximum absolute atomic E-state index is 13.3. The molecule has 0 saturated heterocycles. The molecule has 10 heteroatoms. The zero-order valence-electron chi connectivity index (χ0n) is 20.2. The maximum atomic E-state index is 13.3. The van der Waals surface area contributed by atoms with E-state index in [1.54, 1.807) is 47.4 Å². The fourth-order valence-electron chi connectivity index (χ4n) is 3.79. The molecular weight excluding hydrogens is 460 g/mol. The van der Waals surface area contributed by atoms with Crippen molar-refractivity contribution in [2.45, 2.75) is 20.8 Å².